The molecule has 2 aromatic carbocycles. The summed E-state index contributed by atoms with van der Waals surface area (Å²) in [5.74, 6) is -2.89. The van der Waals surface area contributed by atoms with Crippen molar-refractivity contribution < 1.29 is 42.6 Å². The number of H-pyrrole nitrogens is 1. The van der Waals surface area contributed by atoms with Gasteiger partial charge in [0.1, 0.15) is 5.75 Å². The van der Waals surface area contributed by atoms with Crippen molar-refractivity contribution in [2.24, 2.45) is 0 Å². The summed E-state index contributed by atoms with van der Waals surface area (Å²) in [6, 6.07) is 12.7. The molecule has 1 aromatic heterocycles. The number of morpholine rings is 1. The highest BCUT2D eigenvalue weighted by molar-refractivity contribution is 6.04. The van der Waals surface area contributed by atoms with Gasteiger partial charge in [0.05, 0.1) is 13.2 Å². The number of nitrogens with zero attached hydrogens (tertiary/aromatic N) is 2. The van der Waals surface area contributed by atoms with E-state index in [-0.39, 0.29) is 32.2 Å². The van der Waals surface area contributed by atoms with Crippen LogP contribution in [0, 0.1) is 0 Å². The number of carbonyl (C=O) groups excluding carboxylic acids is 4. The van der Waals surface area contributed by atoms with Crippen LogP contribution in [0.3, 0.4) is 0 Å². The first-order chi connectivity index (χ1) is 19.2. The number of ether oxygens (including phenoxy) is 4. The van der Waals surface area contributed by atoms with E-state index in [1.807, 2.05) is 0 Å². The van der Waals surface area contributed by atoms with Crippen LogP contribution in [0.5, 0.6) is 5.75 Å². The zero-order valence-electron chi connectivity index (χ0n) is 21.6. The highest BCUT2D eigenvalue weighted by atomic mass is 16.6. The maximum Gasteiger partial charge on any atom is 0.439 e. The van der Waals surface area contributed by atoms with Crippen molar-refractivity contribution in [3.8, 4) is 17.1 Å². The number of aromatic amines is 1. The Morgan fingerprint density at radius 1 is 1.18 bits per heavy atom. The number of anilines is 2. The number of carbonyl (C=O) groups is 4. The number of nitrogens with one attached hydrogen (secondary N) is 2. The predicted octanol–water partition coefficient (Wildman–Crippen LogP) is 1.27. The topological polar surface area (TPSA) is 179 Å². The van der Waals surface area contributed by atoms with Crippen LogP contribution in [0.2, 0.25) is 0 Å². The van der Waals surface area contributed by atoms with E-state index in [1.165, 1.54) is 17.0 Å². The zero-order valence-corrected chi connectivity index (χ0v) is 21.6. The molecular formula is C26H26N4O10. The van der Waals surface area contributed by atoms with Gasteiger partial charge < -0.3 is 29.2 Å². The molecule has 0 bridgehead atoms. The van der Waals surface area contributed by atoms with Gasteiger partial charge in [0.2, 0.25) is 6.10 Å². The molecule has 2 atom stereocenters. The summed E-state index contributed by atoms with van der Waals surface area (Å²) < 4.78 is 25.6. The number of benzene rings is 2. The quantitative estimate of drug-likeness (QED) is 0.345. The molecule has 0 aliphatic carbocycles. The number of hydrogen-bond acceptors (Lipinski definition) is 11. The van der Waals surface area contributed by atoms with Crippen LogP contribution in [0.4, 0.5) is 11.4 Å². The maximum absolute atomic E-state index is 13.4. The van der Waals surface area contributed by atoms with Crippen LogP contribution >= 0.6 is 0 Å². The number of amides is 2. The number of esters is 2. The first-order valence-corrected chi connectivity index (χ1v) is 12.2. The lowest BCUT2D eigenvalue weighted by atomic mass is 10.1. The molecule has 2 N–H and O–H groups in total. The molecule has 14 heteroatoms. The second-order valence-electron chi connectivity index (χ2n) is 8.41. The highest BCUT2D eigenvalue weighted by Crippen LogP contribution is 2.26. The molecule has 1 fully saturated rings. The Morgan fingerprint density at radius 2 is 1.95 bits per heavy atom. The molecule has 0 spiro atoms. The number of aromatic nitrogens is 2. The van der Waals surface area contributed by atoms with Gasteiger partial charge in [-0.15, -0.1) is 0 Å². The van der Waals surface area contributed by atoms with Crippen LogP contribution in [0.25, 0.3) is 11.4 Å². The fraction of sp³-hybridized carbons (Fsp3) is 0.308. The molecule has 2 heterocycles. The Kier molecular flexibility index (Phi) is 8.91. The van der Waals surface area contributed by atoms with Crippen molar-refractivity contribution in [3.63, 3.8) is 0 Å². The van der Waals surface area contributed by atoms with Crippen molar-refractivity contribution >= 4 is 35.1 Å². The molecule has 14 nitrogen and oxygen atoms in total. The van der Waals surface area contributed by atoms with E-state index in [0.29, 0.717) is 22.7 Å². The van der Waals surface area contributed by atoms with E-state index >= 15 is 0 Å². The van der Waals surface area contributed by atoms with E-state index < -0.39 is 41.7 Å². The summed E-state index contributed by atoms with van der Waals surface area (Å²) >= 11 is 0. The standard InChI is InChI=1S/C26H26N4O10/c1-3-36-20(32)14-38-19-6-4-5-18(13-19)30-11-12-37-22(25(30)34)21(39-15(2)31)24(33)27-17-9-7-16(8-10-17)23-28-26(35)40-29-23/h4-10,13,21-22H,3,11-12,14H2,1-2H3,(H,27,33)(H,28,29,35)/t21-,22?/m1/s1. The van der Waals surface area contributed by atoms with E-state index in [2.05, 4.69) is 20.0 Å². The van der Waals surface area contributed by atoms with Crippen LogP contribution in [-0.2, 0) is 33.4 Å². The van der Waals surface area contributed by atoms with Gasteiger partial charge in [-0.2, -0.15) is 0 Å². The van der Waals surface area contributed by atoms with E-state index in [0.717, 1.165) is 6.92 Å². The van der Waals surface area contributed by atoms with Gasteiger partial charge in [-0.05, 0) is 43.3 Å². The van der Waals surface area contributed by atoms with Gasteiger partial charge in [-0.3, -0.25) is 23.9 Å². The van der Waals surface area contributed by atoms with Gasteiger partial charge in [-0.25, -0.2) is 9.59 Å². The molecule has 1 aliphatic rings. The first kappa shape index (κ1) is 28.0. The largest absolute Gasteiger partial charge is 0.482 e. The Balaban J connectivity index is 1.48. The lowest BCUT2D eigenvalue weighted by molar-refractivity contribution is -0.167. The summed E-state index contributed by atoms with van der Waals surface area (Å²) in [7, 11) is 0. The molecule has 0 saturated carbocycles. The monoisotopic (exact) mass is 554 g/mol. The second-order valence-corrected chi connectivity index (χ2v) is 8.41. The van der Waals surface area contributed by atoms with Crippen molar-refractivity contribution in [2.45, 2.75) is 26.1 Å². The Morgan fingerprint density at radius 3 is 2.62 bits per heavy atom. The molecule has 40 heavy (non-hydrogen) atoms. The summed E-state index contributed by atoms with van der Waals surface area (Å²) in [4.78, 5) is 65.0. The molecule has 1 aliphatic heterocycles. The lowest BCUT2D eigenvalue weighted by Crippen LogP contribution is -2.56. The van der Waals surface area contributed by atoms with Gasteiger partial charge in [0.15, 0.2) is 18.5 Å². The summed E-state index contributed by atoms with van der Waals surface area (Å²) in [5.41, 5.74) is 1.28. The Hall–Kier alpha value is -4.98. The van der Waals surface area contributed by atoms with E-state index in [4.69, 9.17) is 18.9 Å². The average Bonchev–Trinajstić information content (AvgIpc) is 3.37. The minimum Gasteiger partial charge on any atom is -0.482 e. The fourth-order valence-electron chi connectivity index (χ4n) is 3.88. The van der Waals surface area contributed by atoms with Crippen LogP contribution in [0.1, 0.15) is 13.8 Å². The lowest BCUT2D eigenvalue weighted by Gasteiger charge is -2.35. The fourth-order valence-corrected chi connectivity index (χ4v) is 3.88. The third kappa shape index (κ3) is 6.91. The molecule has 2 amide bonds. The minimum atomic E-state index is -1.59. The van der Waals surface area contributed by atoms with Gasteiger partial charge >= 0.3 is 17.7 Å². The number of hydrogen-bond donors (Lipinski definition) is 2. The normalized spacial score (nSPS) is 15.7. The van der Waals surface area contributed by atoms with Crippen molar-refractivity contribution in [1.29, 1.82) is 0 Å². The van der Waals surface area contributed by atoms with E-state index in [9.17, 15) is 24.0 Å². The van der Waals surface area contributed by atoms with Crippen LogP contribution in [0.15, 0.2) is 57.8 Å². The van der Waals surface area contributed by atoms with Crippen molar-refractivity contribution in [2.75, 3.05) is 36.6 Å². The van der Waals surface area contributed by atoms with Crippen LogP contribution < -0.4 is 20.7 Å². The smallest absolute Gasteiger partial charge is 0.439 e. The Bertz CT molecular complexity index is 1430. The SMILES string of the molecule is CCOC(=O)COc1cccc(N2CCOC([C@@H](OC(C)=O)C(=O)Nc3ccc(-c4noc(=O)[nH]4)cc3)C2=O)c1. The average molecular weight is 555 g/mol. The van der Waals surface area contributed by atoms with Crippen LogP contribution in [-0.4, -0.2) is 72.5 Å². The molecule has 4 rings (SSSR count). The molecule has 210 valence electrons. The summed E-state index contributed by atoms with van der Waals surface area (Å²) in [5, 5.41) is 6.20. The molecule has 0 radical (unpaired) electrons. The third-order valence-electron chi connectivity index (χ3n) is 5.61. The summed E-state index contributed by atoms with van der Waals surface area (Å²) in [6.07, 6.45) is -3.02. The highest BCUT2D eigenvalue weighted by Gasteiger charge is 2.42. The number of rotatable bonds is 10. The minimum absolute atomic E-state index is 0.0555. The predicted molar refractivity (Wildman–Crippen MR) is 137 cm³/mol. The molecule has 3 aromatic rings. The third-order valence-corrected chi connectivity index (χ3v) is 5.61. The van der Waals surface area contributed by atoms with Gasteiger partial charge in [-0.1, -0.05) is 11.2 Å². The Labute approximate surface area is 227 Å². The van der Waals surface area contributed by atoms with Crippen molar-refractivity contribution in [1.82, 2.24) is 10.1 Å². The van der Waals surface area contributed by atoms with Gasteiger partial charge in [0.25, 0.3) is 11.8 Å². The molecular weight excluding hydrogens is 528 g/mol. The zero-order chi connectivity index (χ0) is 28.6. The molecule has 1 saturated heterocycles. The van der Waals surface area contributed by atoms with Gasteiger partial charge in [0, 0.05) is 36.5 Å². The van der Waals surface area contributed by atoms with Crippen molar-refractivity contribution in [3.05, 3.63) is 59.1 Å². The first-order valence-electron chi connectivity index (χ1n) is 12.2. The van der Waals surface area contributed by atoms with E-state index in [1.54, 1.807) is 43.3 Å². The molecule has 1 unspecified atom stereocenters. The second kappa shape index (κ2) is 12.7. The summed E-state index contributed by atoms with van der Waals surface area (Å²) in [6.45, 7) is 2.94. The maximum atomic E-state index is 13.4.